The molecule has 2 heterocycles. The van der Waals surface area contributed by atoms with Gasteiger partial charge >= 0.3 is 0 Å². The van der Waals surface area contributed by atoms with Crippen molar-refractivity contribution in [2.75, 3.05) is 19.8 Å². The third-order valence-corrected chi connectivity index (χ3v) is 5.21. The molecule has 27 heavy (non-hydrogen) atoms. The molecule has 0 saturated carbocycles. The topological polar surface area (TPSA) is 51.4 Å². The Morgan fingerprint density at radius 3 is 1.93 bits per heavy atom. The first-order valence-corrected chi connectivity index (χ1v) is 9.53. The Morgan fingerprint density at radius 1 is 0.926 bits per heavy atom. The predicted octanol–water partition coefficient (Wildman–Crippen LogP) is 3.87. The number of carbonyl (C=O) groups is 1. The summed E-state index contributed by atoms with van der Waals surface area (Å²) in [6.07, 6.45) is 0.868. The lowest BCUT2D eigenvalue weighted by Gasteiger charge is -2.15. The monoisotopic (exact) mass is 366 g/mol. The normalized spacial score (nSPS) is 20.4. The van der Waals surface area contributed by atoms with Gasteiger partial charge in [0.15, 0.2) is 5.78 Å². The van der Waals surface area contributed by atoms with E-state index in [2.05, 4.69) is 38.1 Å². The Labute approximate surface area is 160 Å². The lowest BCUT2D eigenvalue weighted by molar-refractivity contribution is 0.0952. The standard InChI is InChI=1S/C23H26O4/c1-13-5-17(6-14(2)21(13)22(24)20-12-26-20)9-18-7-15(3)23(16(4)8-18)27-11-19-10-25-19/h5-8,19-20H,9-12H2,1-4H3. The molecule has 0 amide bonds. The first-order valence-electron chi connectivity index (χ1n) is 9.53. The van der Waals surface area contributed by atoms with Crippen LogP contribution in [0.4, 0.5) is 0 Å². The van der Waals surface area contributed by atoms with Gasteiger partial charge in [0.05, 0.1) is 13.2 Å². The second-order valence-corrected chi connectivity index (χ2v) is 7.79. The minimum Gasteiger partial charge on any atom is -0.490 e. The largest absolute Gasteiger partial charge is 0.490 e. The molecule has 2 aromatic carbocycles. The van der Waals surface area contributed by atoms with Gasteiger partial charge in [0.1, 0.15) is 24.6 Å². The van der Waals surface area contributed by atoms with Crippen molar-refractivity contribution >= 4 is 5.78 Å². The second kappa shape index (κ2) is 7.10. The zero-order valence-corrected chi connectivity index (χ0v) is 16.4. The molecule has 0 aliphatic carbocycles. The van der Waals surface area contributed by atoms with Crippen LogP contribution < -0.4 is 4.74 Å². The molecule has 0 aromatic heterocycles. The molecule has 0 N–H and O–H groups in total. The minimum absolute atomic E-state index is 0.115. The van der Waals surface area contributed by atoms with Gasteiger partial charge in [-0.2, -0.15) is 0 Å². The van der Waals surface area contributed by atoms with Gasteiger partial charge in [0.2, 0.25) is 0 Å². The van der Waals surface area contributed by atoms with Crippen LogP contribution in [0.3, 0.4) is 0 Å². The van der Waals surface area contributed by atoms with E-state index in [9.17, 15) is 4.79 Å². The summed E-state index contributed by atoms with van der Waals surface area (Å²) in [7, 11) is 0. The molecule has 2 unspecified atom stereocenters. The minimum atomic E-state index is -0.230. The van der Waals surface area contributed by atoms with Crippen LogP contribution in [0.2, 0.25) is 0 Å². The predicted molar refractivity (Wildman–Crippen MR) is 104 cm³/mol. The van der Waals surface area contributed by atoms with Crippen molar-refractivity contribution in [3.8, 4) is 5.75 Å². The zero-order valence-electron chi connectivity index (χ0n) is 16.4. The number of ketones is 1. The highest BCUT2D eigenvalue weighted by molar-refractivity contribution is 6.03. The molecule has 4 nitrogen and oxygen atoms in total. The average Bonchev–Trinajstić information content (AvgIpc) is 3.46. The first kappa shape index (κ1) is 18.2. The molecule has 142 valence electrons. The van der Waals surface area contributed by atoms with Crippen molar-refractivity contribution in [2.24, 2.45) is 0 Å². The van der Waals surface area contributed by atoms with Crippen LogP contribution in [0.15, 0.2) is 24.3 Å². The van der Waals surface area contributed by atoms with Crippen LogP contribution >= 0.6 is 0 Å². The van der Waals surface area contributed by atoms with Crippen LogP contribution in [0.1, 0.15) is 43.7 Å². The number of rotatable bonds is 7. The molecule has 2 aliphatic heterocycles. The maximum Gasteiger partial charge on any atom is 0.194 e. The summed E-state index contributed by atoms with van der Waals surface area (Å²) in [6.45, 7) is 10.2. The van der Waals surface area contributed by atoms with Gasteiger partial charge in [-0.15, -0.1) is 0 Å². The Morgan fingerprint density at radius 2 is 1.44 bits per heavy atom. The van der Waals surface area contributed by atoms with Crippen molar-refractivity contribution in [3.05, 3.63) is 63.2 Å². The Kier molecular flexibility index (Phi) is 4.79. The molecular formula is C23H26O4. The SMILES string of the molecule is Cc1cc(Cc2cc(C)c(C(=O)C3CO3)c(C)c2)cc(C)c1OCC1CO1. The number of epoxide rings is 2. The van der Waals surface area contributed by atoms with E-state index in [0.29, 0.717) is 13.2 Å². The van der Waals surface area contributed by atoms with E-state index in [1.807, 2.05) is 13.8 Å². The summed E-state index contributed by atoms with van der Waals surface area (Å²) in [5.74, 6) is 1.08. The van der Waals surface area contributed by atoms with E-state index < -0.39 is 0 Å². The van der Waals surface area contributed by atoms with Crippen molar-refractivity contribution in [3.63, 3.8) is 0 Å². The van der Waals surface area contributed by atoms with E-state index in [4.69, 9.17) is 14.2 Å². The second-order valence-electron chi connectivity index (χ2n) is 7.79. The smallest absolute Gasteiger partial charge is 0.194 e. The fourth-order valence-electron chi connectivity index (χ4n) is 3.85. The average molecular weight is 366 g/mol. The van der Waals surface area contributed by atoms with E-state index in [1.165, 1.54) is 11.1 Å². The maximum atomic E-state index is 12.4. The highest BCUT2D eigenvalue weighted by Gasteiger charge is 2.33. The summed E-state index contributed by atoms with van der Waals surface area (Å²) in [5, 5.41) is 0. The summed E-state index contributed by atoms with van der Waals surface area (Å²) in [4.78, 5) is 12.4. The number of aryl methyl sites for hydroxylation is 4. The van der Waals surface area contributed by atoms with Crippen LogP contribution in [-0.2, 0) is 15.9 Å². The Balaban J connectivity index is 1.53. The van der Waals surface area contributed by atoms with Crippen molar-refractivity contribution in [1.29, 1.82) is 0 Å². The lowest BCUT2D eigenvalue weighted by atomic mass is 9.92. The van der Waals surface area contributed by atoms with E-state index in [1.54, 1.807) is 0 Å². The van der Waals surface area contributed by atoms with Crippen LogP contribution in [0.5, 0.6) is 5.75 Å². The number of benzene rings is 2. The molecule has 2 aromatic rings. The fourth-order valence-corrected chi connectivity index (χ4v) is 3.85. The third-order valence-electron chi connectivity index (χ3n) is 5.21. The quantitative estimate of drug-likeness (QED) is 0.551. The summed E-state index contributed by atoms with van der Waals surface area (Å²) >= 11 is 0. The number of hydrogen-bond acceptors (Lipinski definition) is 4. The molecule has 0 bridgehead atoms. The molecule has 4 rings (SSSR count). The Bertz CT molecular complexity index is 845. The maximum absolute atomic E-state index is 12.4. The molecule has 2 saturated heterocycles. The van der Waals surface area contributed by atoms with E-state index in [-0.39, 0.29) is 18.0 Å². The van der Waals surface area contributed by atoms with Crippen LogP contribution in [0.25, 0.3) is 0 Å². The number of carbonyl (C=O) groups excluding carboxylic acids is 1. The van der Waals surface area contributed by atoms with E-state index in [0.717, 1.165) is 46.6 Å². The van der Waals surface area contributed by atoms with Gasteiger partial charge in [-0.05, 0) is 67.5 Å². The summed E-state index contributed by atoms with van der Waals surface area (Å²) < 4.78 is 16.3. The van der Waals surface area contributed by atoms with Gasteiger partial charge in [0, 0.05) is 5.56 Å². The fraction of sp³-hybridized carbons (Fsp3) is 0.435. The van der Waals surface area contributed by atoms with Gasteiger partial charge in [0.25, 0.3) is 0 Å². The van der Waals surface area contributed by atoms with E-state index >= 15 is 0 Å². The molecular weight excluding hydrogens is 340 g/mol. The molecule has 2 fully saturated rings. The van der Waals surface area contributed by atoms with Gasteiger partial charge in [-0.3, -0.25) is 4.79 Å². The van der Waals surface area contributed by atoms with Crippen molar-refractivity contribution < 1.29 is 19.0 Å². The molecule has 4 heteroatoms. The first-order chi connectivity index (χ1) is 12.9. The number of Topliss-reactive ketones (excluding diaryl/α,β-unsaturated/α-hetero) is 1. The van der Waals surface area contributed by atoms with Crippen LogP contribution in [0, 0.1) is 27.7 Å². The van der Waals surface area contributed by atoms with Crippen molar-refractivity contribution in [1.82, 2.24) is 0 Å². The summed E-state index contributed by atoms with van der Waals surface area (Å²) in [6, 6.07) is 8.64. The van der Waals surface area contributed by atoms with Crippen molar-refractivity contribution in [2.45, 2.75) is 46.3 Å². The van der Waals surface area contributed by atoms with Gasteiger partial charge in [-0.25, -0.2) is 0 Å². The number of ether oxygens (including phenoxy) is 3. The van der Waals surface area contributed by atoms with Gasteiger partial charge < -0.3 is 14.2 Å². The Hall–Kier alpha value is -2.17. The highest BCUT2D eigenvalue weighted by atomic mass is 16.6. The molecule has 2 atom stereocenters. The van der Waals surface area contributed by atoms with Crippen LogP contribution in [-0.4, -0.2) is 37.8 Å². The highest BCUT2D eigenvalue weighted by Crippen LogP contribution is 2.29. The van der Waals surface area contributed by atoms with Gasteiger partial charge in [-0.1, -0.05) is 24.3 Å². The molecule has 0 spiro atoms. The summed E-state index contributed by atoms with van der Waals surface area (Å²) in [5.41, 5.74) is 7.65. The zero-order chi connectivity index (χ0) is 19.1. The third kappa shape index (κ3) is 4.07. The lowest BCUT2D eigenvalue weighted by Crippen LogP contribution is -2.12. The molecule has 2 aliphatic rings. The molecule has 0 radical (unpaired) electrons. The number of hydrogen-bond donors (Lipinski definition) is 0.